The van der Waals surface area contributed by atoms with Gasteiger partial charge in [0.2, 0.25) is 0 Å². The fraction of sp³-hybridized carbons (Fsp3) is 0.385. The standard InChI is InChI=1S/C13H17N3S/c1-9-11(5-3-7-14)10(2)16-13(15-9)12-6-4-8-17-12/h4,6,8H,3,5,7,14H2,1-2H3. The van der Waals surface area contributed by atoms with Crippen LogP contribution in [0.2, 0.25) is 0 Å². The minimum atomic E-state index is 0.714. The second-order valence-electron chi connectivity index (χ2n) is 4.07. The number of nitrogens with zero attached hydrogens (tertiary/aromatic N) is 2. The Morgan fingerprint density at radius 1 is 1.24 bits per heavy atom. The van der Waals surface area contributed by atoms with Crippen LogP contribution in [0.4, 0.5) is 0 Å². The molecule has 0 saturated carbocycles. The lowest BCUT2D eigenvalue weighted by atomic mass is 10.1. The Labute approximate surface area is 106 Å². The molecule has 2 rings (SSSR count). The van der Waals surface area contributed by atoms with Crippen molar-refractivity contribution >= 4 is 11.3 Å². The molecule has 0 spiro atoms. The summed E-state index contributed by atoms with van der Waals surface area (Å²) in [6, 6.07) is 4.08. The van der Waals surface area contributed by atoms with Crippen LogP contribution in [-0.4, -0.2) is 16.5 Å². The predicted molar refractivity (Wildman–Crippen MR) is 72.2 cm³/mol. The second-order valence-corrected chi connectivity index (χ2v) is 5.01. The van der Waals surface area contributed by atoms with E-state index in [2.05, 4.69) is 29.9 Å². The molecule has 2 heterocycles. The molecule has 0 aliphatic rings. The van der Waals surface area contributed by atoms with Crippen LogP contribution in [-0.2, 0) is 6.42 Å². The molecule has 0 aliphatic heterocycles. The third kappa shape index (κ3) is 2.70. The first-order chi connectivity index (χ1) is 8.22. The van der Waals surface area contributed by atoms with E-state index in [0.717, 1.165) is 34.9 Å². The largest absolute Gasteiger partial charge is 0.330 e. The first-order valence-corrected chi connectivity index (χ1v) is 6.68. The number of rotatable bonds is 4. The molecule has 0 saturated heterocycles. The maximum absolute atomic E-state index is 5.54. The van der Waals surface area contributed by atoms with E-state index in [0.29, 0.717) is 6.54 Å². The molecular weight excluding hydrogens is 230 g/mol. The van der Waals surface area contributed by atoms with Gasteiger partial charge >= 0.3 is 0 Å². The third-order valence-corrected chi connectivity index (χ3v) is 3.66. The molecule has 2 N–H and O–H groups in total. The van der Waals surface area contributed by atoms with Crippen molar-refractivity contribution in [3.63, 3.8) is 0 Å². The van der Waals surface area contributed by atoms with Crippen LogP contribution in [0.3, 0.4) is 0 Å². The number of hydrogen-bond acceptors (Lipinski definition) is 4. The van der Waals surface area contributed by atoms with Crippen molar-refractivity contribution in [2.75, 3.05) is 6.54 Å². The van der Waals surface area contributed by atoms with Crippen molar-refractivity contribution < 1.29 is 0 Å². The molecule has 0 amide bonds. The average molecular weight is 247 g/mol. The molecule has 0 bridgehead atoms. The highest BCUT2D eigenvalue weighted by Gasteiger charge is 2.09. The van der Waals surface area contributed by atoms with E-state index in [-0.39, 0.29) is 0 Å². The Bertz CT molecular complexity index is 468. The summed E-state index contributed by atoms with van der Waals surface area (Å²) in [5.74, 6) is 0.839. The maximum atomic E-state index is 5.54. The van der Waals surface area contributed by atoms with E-state index in [9.17, 15) is 0 Å². The lowest BCUT2D eigenvalue weighted by molar-refractivity contribution is 0.806. The molecule has 90 valence electrons. The smallest absolute Gasteiger partial charge is 0.169 e. The lowest BCUT2D eigenvalue weighted by Crippen LogP contribution is -2.06. The molecule has 0 aromatic carbocycles. The van der Waals surface area contributed by atoms with Gasteiger partial charge in [-0.25, -0.2) is 9.97 Å². The zero-order chi connectivity index (χ0) is 12.3. The fourth-order valence-corrected chi connectivity index (χ4v) is 2.55. The van der Waals surface area contributed by atoms with Gasteiger partial charge < -0.3 is 5.73 Å². The second kappa shape index (κ2) is 5.38. The number of thiophene rings is 1. The Morgan fingerprint density at radius 3 is 2.47 bits per heavy atom. The van der Waals surface area contributed by atoms with E-state index in [4.69, 9.17) is 5.73 Å². The SMILES string of the molecule is Cc1nc(-c2cccs2)nc(C)c1CCCN. The van der Waals surface area contributed by atoms with Crippen molar-refractivity contribution in [3.8, 4) is 10.7 Å². The van der Waals surface area contributed by atoms with Gasteiger partial charge in [0.25, 0.3) is 0 Å². The van der Waals surface area contributed by atoms with Crippen LogP contribution >= 0.6 is 11.3 Å². The van der Waals surface area contributed by atoms with Gasteiger partial charge in [0.05, 0.1) is 4.88 Å². The summed E-state index contributed by atoms with van der Waals surface area (Å²) >= 11 is 1.67. The Balaban J connectivity index is 2.35. The van der Waals surface area contributed by atoms with Crippen LogP contribution < -0.4 is 5.73 Å². The number of hydrogen-bond donors (Lipinski definition) is 1. The summed E-state index contributed by atoms with van der Waals surface area (Å²) in [7, 11) is 0. The summed E-state index contributed by atoms with van der Waals surface area (Å²) < 4.78 is 0. The molecule has 0 unspecified atom stereocenters. The van der Waals surface area contributed by atoms with Crippen molar-refractivity contribution in [2.24, 2.45) is 5.73 Å². The number of aryl methyl sites for hydroxylation is 2. The lowest BCUT2D eigenvalue weighted by Gasteiger charge is -2.09. The minimum absolute atomic E-state index is 0.714. The molecule has 3 nitrogen and oxygen atoms in total. The van der Waals surface area contributed by atoms with E-state index >= 15 is 0 Å². The van der Waals surface area contributed by atoms with Gasteiger partial charge in [0, 0.05) is 11.4 Å². The van der Waals surface area contributed by atoms with Gasteiger partial charge in [-0.3, -0.25) is 0 Å². The minimum Gasteiger partial charge on any atom is -0.330 e. The van der Waals surface area contributed by atoms with Gasteiger partial charge in [0.1, 0.15) is 0 Å². The molecule has 0 aliphatic carbocycles. The van der Waals surface area contributed by atoms with Gasteiger partial charge in [-0.05, 0) is 50.2 Å². The monoisotopic (exact) mass is 247 g/mol. The zero-order valence-electron chi connectivity index (χ0n) is 10.2. The molecule has 4 heteroatoms. The van der Waals surface area contributed by atoms with E-state index in [1.165, 1.54) is 5.56 Å². The topological polar surface area (TPSA) is 51.8 Å². The van der Waals surface area contributed by atoms with Crippen molar-refractivity contribution in [3.05, 3.63) is 34.5 Å². The summed E-state index contributed by atoms with van der Waals surface area (Å²) in [5, 5.41) is 2.05. The molecule has 0 radical (unpaired) electrons. The highest BCUT2D eigenvalue weighted by molar-refractivity contribution is 7.13. The van der Waals surface area contributed by atoms with E-state index in [1.807, 2.05) is 11.4 Å². The van der Waals surface area contributed by atoms with Gasteiger partial charge in [-0.2, -0.15) is 0 Å². The van der Waals surface area contributed by atoms with Crippen LogP contribution in [0.1, 0.15) is 23.4 Å². The van der Waals surface area contributed by atoms with Gasteiger partial charge in [-0.15, -0.1) is 11.3 Å². The third-order valence-electron chi connectivity index (χ3n) is 2.79. The van der Waals surface area contributed by atoms with Gasteiger partial charge in [0.15, 0.2) is 5.82 Å². The Hall–Kier alpha value is -1.26. The molecule has 0 fully saturated rings. The van der Waals surface area contributed by atoms with E-state index < -0.39 is 0 Å². The highest BCUT2D eigenvalue weighted by Crippen LogP contribution is 2.23. The van der Waals surface area contributed by atoms with Crippen molar-refractivity contribution in [1.82, 2.24) is 9.97 Å². The average Bonchev–Trinajstić information content (AvgIpc) is 2.81. The quantitative estimate of drug-likeness (QED) is 0.903. The molecule has 2 aromatic rings. The maximum Gasteiger partial charge on any atom is 0.169 e. The molecule has 0 atom stereocenters. The summed E-state index contributed by atoms with van der Waals surface area (Å²) in [4.78, 5) is 10.3. The van der Waals surface area contributed by atoms with Crippen LogP contribution in [0, 0.1) is 13.8 Å². The first kappa shape index (κ1) is 12.2. The van der Waals surface area contributed by atoms with Crippen LogP contribution in [0.15, 0.2) is 17.5 Å². The molecule has 2 aromatic heterocycles. The molecular formula is C13H17N3S. The first-order valence-electron chi connectivity index (χ1n) is 5.80. The summed E-state index contributed by atoms with van der Waals surface area (Å²) in [6.07, 6.45) is 1.96. The predicted octanol–water partition coefficient (Wildman–Crippen LogP) is 2.71. The summed E-state index contributed by atoms with van der Waals surface area (Å²) in [5.41, 5.74) is 8.95. The van der Waals surface area contributed by atoms with Crippen molar-refractivity contribution in [1.29, 1.82) is 0 Å². The number of nitrogens with two attached hydrogens (primary N) is 1. The molecule has 17 heavy (non-hydrogen) atoms. The fourth-order valence-electron chi connectivity index (χ4n) is 1.90. The zero-order valence-corrected chi connectivity index (χ0v) is 11.0. The van der Waals surface area contributed by atoms with Gasteiger partial charge in [-0.1, -0.05) is 6.07 Å². The Kier molecular flexibility index (Phi) is 3.86. The highest BCUT2D eigenvalue weighted by atomic mass is 32.1. The summed E-state index contributed by atoms with van der Waals surface area (Å²) in [6.45, 7) is 4.82. The Morgan fingerprint density at radius 2 is 1.94 bits per heavy atom. The van der Waals surface area contributed by atoms with Crippen molar-refractivity contribution in [2.45, 2.75) is 26.7 Å². The normalized spacial score (nSPS) is 10.8. The van der Waals surface area contributed by atoms with Crippen LogP contribution in [0.5, 0.6) is 0 Å². The van der Waals surface area contributed by atoms with E-state index in [1.54, 1.807) is 11.3 Å². The van der Waals surface area contributed by atoms with Crippen LogP contribution in [0.25, 0.3) is 10.7 Å². The number of aromatic nitrogens is 2.